The lowest BCUT2D eigenvalue weighted by molar-refractivity contribution is 0.111. The number of aldehydes is 1. The molecule has 0 aliphatic carbocycles. The molecule has 0 spiro atoms. The van der Waals surface area contributed by atoms with Crippen molar-refractivity contribution in [3.05, 3.63) is 71.9 Å². The normalized spacial score (nSPS) is 11.5. The van der Waals surface area contributed by atoms with E-state index in [1.54, 1.807) is 59.4 Å². The number of carbonyl (C=O) groups excluding carboxylic acids is 1. The van der Waals surface area contributed by atoms with E-state index in [0.717, 1.165) is 5.56 Å². The van der Waals surface area contributed by atoms with Gasteiger partial charge in [0.25, 0.3) is 0 Å². The highest BCUT2D eigenvalue weighted by Gasteiger charge is 2.30. The first kappa shape index (κ1) is 18.8. The second-order valence-corrected chi connectivity index (χ2v) is 7.69. The molecule has 0 unspecified atom stereocenters. The molecule has 0 bridgehead atoms. The molecule has 0 radical (unpaired) electrons. The number of pyridine rings is 1. The Morgan fingerprint density at radius 3 is 2.37 bits per heavy atom. The molecule has 2 heterocycles. The largest absolute Gasteiger partial charge is 0.378 e. The molecule has 1 aromatic carbocycles. The maximum atomic E-state index is 12.8. The van der Waals surface area contributed by atoms with Crippen LogP contribution in [0.15, 0.2) is 59.9 Å². The van der Waals surface area contributed by atoms with Gasteiger partial charge in [0.15, 0.2) is 12.1 Å². The third-order valence-electron chi connectivity index (χ3n) is 3.93. The topological polar surface area (TPSA) is 91.2 Å². The Labute approximate surface area is 157 Å². The SMILES string of the molecule is CC(C)c1c(S(=O)(=O)Oc2ccccc2)nc(C=O)n1Cc1ccncc1. The lowest BCUT2D eigenvalue weighted by atomic mass is 10.1. The van der Waals surface area contributed by atoms with Crippen LogP contribution in [0.1, 0.15) is 41.6 Å². The molecule has 7 nitrogen and oxygen atoms in total. The number of para-hydroxylation sites is 1. The zero-order valence-electron chi connectivity index (χ0n) is 14.9. The second kappa shape index (κ2) is 7.71. The standard InChI is InChI=1S/C19H19N3O4S/c1-14(2)18-19(27(24,25)26-16-6-4-3-5-7-16)21-17(13-23)22(18)12-15-8-10-20-11-9-15/h3-11,13-14H,12H2,1-2H3. The van der Waals surface area contributed by atoms with Gasteiger partial charge in [0.1, 0.15) is 5.75 Å². The van der Waals surface area contributed by atoms with Gasteiger partial charge in [-0.25, -0.2) is 4.98 Å². The summed E-state index contributed by atoms with van der Waals surface area (Å²) in [6, 6.07) is 11.8. The van der Waals surface area contributed by atoms with Crippen LogP contribution in [0, 0.1) is 0 Å². The van der Waals surface area contributed by atoms with E-state index < -0.39 is 10.1 Å². The highest BCUT2D eigenvalue weighted by molar-refractivity contribution is 7.87. The Kier molecular flexibility index (Phi) is 5.36. The minimum absolute atomic E-state index is 0.0331. The average molecular weight is 385 g/mol. The van der Waals surface area contributed by atoms with Crippen LogP contribution in [0.5, 0.6) is 5.75 Å². The quantitative estimate of drug-likeness (QED) is 0.459. The smallest absolute Gasteiger partial charge is 0.358 e. The Hall–Kier alpha value is -3.00. The summed E-state index contributed by atoms with van der Waals surface area (Å²) in [6.45, 7) is 3.99. The van der Waals surface area contributed by atoms with Crippen LogP contribution < -0.4 is 4.18 Å². The summed E-state index contributed by atoms with van der Waals surface area (Å²) in [5.41, 5.74) is 1.30. The highest BCUT2D eigenvalue weighted by atomic mass is 32.2. The van der Waals surface area contributed by atoms with Gasteiger partial charge >= 0.3 is 10.1 Å². The number of imidazole rings is 1. The molecule has 3 rings (SSSR count). The molecule has 0 aliphatic rings. The van der Waals surface area contributed by atoms with Crippen molar-refractivity contribution >= 4 is 16.4 Å². The van der Waals surface area contributed by atoms with Gasteiger partial charge in [-0.05, 0) is 35.7 Å². The number of hydrogen-bond donors (Lipinski definition) is 0. The number of benzene rings is 1. The molecule has 0 aliphatic heterocycles. The second-order valence-electron chi connectivity index (χ2n) is 6.23. The zero-order chi connectivity index (χ0) is 19.4. The average Bonchev–Trinajstić information content (AvgIpc) is 3.02. The molecule has 8 heteroatoms. The minimum Gasteiger partial charge on any atom is -0.378 e. The van der Waals surface area contributed by atoms with Gasteiger partial charge in [0.2, 0.25) is 5.03 Å². The summed E-state index contributed by atoms with van der Waals surface area (Å²) >= 11 is 0. The van der Waals surface area contributed by atoms with Crippen molar-refractivity contribution in [1.82, 2.24) is 14.5 Å². The fourth-order valence-electron chi connectivity index (χ4n) is 2.77. The van der Waals surface area contributed by atoms with Crippen molar-refractivity contribution < 1.29 is 17.4 Å². The fourth-order valence-corrected chi connectivity index (χ4v) is 4.02. The maximum absolute atomic E-state index is 12.8. The molecule has 0 saturated carbocycles. The van der Waals surface area contributed by atoms with E-state index in [-0.39, 0.29) is 22.5 Å². The van der Waals surface area contributed by atoms with Crippen LogP contribution in [0.2, 0.25) is 0 Å². The lowest BCUT2D eigenvalue weighted by Crippen LogP contribution is -2.15. The summed E-state index contributed by atoms with van der Waals surface area (Å²) in [5, 5.41) is -0.238. The molecule has 2 aromatic heterocycles. The molecule has 140 valence electrons. The third kappa shape index (κ3) is 4.06. The van der Waals surface area contributed by atoms with Gasteiger partial charge in [0.05, 0.1) is 5.69 Å². The van der Waals surface area contributed by atoms with Crippen LogP contribution in [-0.4, -0.2) is 29.2 Å². The minimum atomic E-state index is -4.20. The number of carbonyl (C=O) groups is 1. The van der Waals surface area contributed by atoms with Gasteiger partial charge in [-0.2, -0.15) is 8.42 Å². The van der Waals surface area contributed by atoms with Crippen LogP contribution >= 0.6 is 0 Å². The van der Waals surface area contributed by atoms with Crippen molar-refractivity contribution in [3.63, 3.8) is 0 Å². The monoisotopic (exact) mass is 385 g/mol. The fraction of sp³-hybridized carbons (Fsp3) is 0.211. The van der Waals surface area contributed by atoms with Crippen LogP contribution in [-0.2, 0) is 16.7 Å². The first-order valence-corrected chi connectivity index (χ1v) is 9.77. The molecule has 0 atom stereocenters. The Bertz CT molecular complexity index is 1030. The van der Waals surface area contributed by atoms with Gasteiger partial charge in [-0.15, -0.1) is 0 Å². The molecule has 0 N–H and O–H groups in total. The van der Waals surface area contributed by atoms with Crippen molar-refractivity contribution in [2.24, 2.45) is 0 Å². The number of rotatable bonds is 7. The summed E-state index contributed by atoms with van der Waals surface area (Å²) < 4.78 is 32.5. The predicted octanol–water partition coefficient (Wildman–Crippen LogP) is 3.03. The first-order valence-electron chi connectivity index (χ1n) is 8.36. The van der Waals surface area contributed by atoms with E-state index in [0.29, 0.717) is 18.5 Å². The Morgan fingerprint density at radius 1 is 1.11 bits per heavy atom. The molecule has 0 fully saturated rings. The van der Waals surface area contributed by atoms with Crippen molar-refractivity contribution in [2.75, 3.05) is 0 Å². The Morgan fingerprint density at radius 2 is 1.78 bits per heavy atom. The number of hydrogen-bond acceptors (Lipinski definition) is 6. The molecule has 0 saturated heterocycles. The zero-order valence-corrected chi connectivity index (χ0v) is 15.8. The van der Waals surface area contributed by atoms with Gasteiger partial charge in [-0.1, -0.05) is 32.0 Å². The molecule has 27 heavy (non-hydrogen) atoms. The van der Waals surface area contributed by atoms with Crippen LogP contribution in [0.3, 0.4) is 0 Å². The van der Waals surface area contributed by atoms with E-state index in [2.05, 4.69) is 9.97 Å². The summed E-state index contributed by atoms with van der Waals surface area (Å²) in [6.07, 6.45) is 3.82. The van der Waals surface area contributed by atoms with Crippen LogP contribution in [0.25, 0.3) is 0 Å². The van der Waals surface area contributed by atoms with Gasteiger partial charge < -0.3 is 8.75 Å². The molecule has 0 amide bonds. The van der Waals surface area contributed by atoms with E-state index in [4.69, 9.17) is 4.18 Å². The predicted molar refractivity (Wildman–Crippen MR) is 99.3 cm³/mol. The number of nitrogens with zero attached hydrogens (tertiary/aromatic N) is 3. The Balaban J connectivity index is 2.09. The summed E-state index contributed by atoms with van der Waals surface area (Å²) in [5.74, 6) is 0.0199. The third-order valence-corrected chi connectivity index (χ3v) is 5.12. The van der Waals surface area contributed by atoms with Crippen molar-refractivity contribution in [1.29, 1.82) is 0 Å². The van der Waals surface area contributed by atoms with Gasteiger partial charge in [-0.3, -0.25) is 9.78 Å². The van der Waals surface area contributed by atoms with E-state index in [1.165, 1.54) is 0 Å². The molecular weight excluding hydrogens is 366 g/mol. The van der Waals surface area contributed by atoms with E-state index in [1.807, 2.05) is 13.8 Å². The summed E-state index contributed by atoms with van der Waals surface area (Å²) in [7, 11) is -4.20. The van der Waals surface area contributed by atoms with Crippen molar-refractivity contribution in [3.8, 4) is 5.75 Å². The van der Waals surface area contributed by atoms with Crippen molar-refractivity contribution in [2.45, 2.75) is 31.3 Å². The van der Waals surface area contributed by atoms with Gasteiger partial charge in [0, 0.05) is 18.9 Å². The maximum Gasteiger partial charge on any atom is 0.358 e. The lowest BCUT2D eigenvalue weighted by Gasteiger charge is -2.14. The number of aromatic nitrogens is 3. The molecule has 3 aromatic rings. The summed E-state index contributed by atoms with van der Waals surface area (Å²) in [4.78, 5) is 19.6. The van der Waals surface area contributed by atoms with E-state index in [9.17, 15) is 13.2 Å². The van der Waals surface area contributed by atoms with Crippen LogP contribution in [0.4, 0.5) is 0 Å². The highest BCUT2D eigenvalue weighted by Crippen LogP contribution is 2.28. The first-order chi connectivity index (χ1) is 12.9. The molecular formula is C19H19N3O4S. The van der Waals surface area contributed by atoms with E-state index >= 15 is 0 Å².